The van der Waals surface area contributed by atoms with Crippen LogP contribution in [0.4, 0.5) is 13.2 Å². The predicted molar refractivity (Wildman–Crippen MR) is 40.1 cm³/mol. The molecule has 0 amide bonds. The molecule has 1 heterocycles. The maximum atomic E-state index is 10.6. The molecule has 0 aliphatic carbocycles. The van der Waals surface area contributed by atoms with Crippen molar-refractivity contribution in [1.29, 1.82) is 0 Å². The molecule has 0 bridgehead atoms. The molecule has 1 saturated heterocycles. The molecule has 1 aliphatic heterocycles. The van der Waals surface area contributed by atoms with Crippen LogP contribution in [0.1, 0.15) is 0 Å². The molecule has 1 atom stereocenters. The van der Waals surface area contributed by atoms with Crippen molar-refractivity contribution in [2.75, 3.05) is 12.4 Å². The highest BCUT2D eigenvalue weighted by atomic mass is 32.2. The zero-order valence-electron chi connectivity index (χ0n) is 6.37. The number of aliphatic carboxylic acids is 1. The molecule has 1 aliphatic rings. The van der Waals surface area contributed by atoms with E-state index in [4.69, 9.17) is 19.8 Å². The molecule has 13 heavy (non-hydrogen) atoms. The van der Waals surface area contributed by atoms with Crippen LogP contribution in [-0.2, 0) is 8.98 Å². The SMILES string of the molecule is NC1COSC1.O=C(O)C(F)(F)F. The molecule has 0 aromatic carbocycles. The Hall–Kier alpha value is -0.470. The normalized spacial score (nSPS) is 22.0. The van der Waals surface area contributed by atoms with Crippen molar-refractivity contribution in [1.82, 2.24) is 0 Å². The van der Waals surface area contributed by atoms with Crippen LogP contribution in [0.3, 0.4) is 0 Å². The summed E-state index contributed by atoms with van der Waals surface area (Å²) < 4.78 is 36.6. The number of nitrogens with two attached hydrogens (primary N) is 1. The van der Waals surface area contributed by atoms with Gasteiger partial charge in [0.25, 0.3) is 0 Å². The van der Waals surface area contributed by atoms with Crippen LogP contribution < -0.4 is 5.73 Å². The van der Waals surface area contributed by atoms with Gasteiger partial charge in [0.1, 0.15) is 0 Å². The van der Waals surface area contributed by atoms with E-state index in [1.807, 2.05) is 0 Å². The topological polar surface area (TPSA) is 72.5 Å². The van der Waals surface area contributed by atoms with E-state index >= 15 is 0 Å². The molecule has 4 nitrogen and oxygen atoms in total. The molecule has 1 rings (SSSR count). The average Bonchev–Trinajstić information content (AvgIpc) is 2.38. The summed E-state index contributed by atoms with van der Waals surface area (Å²) >= 11 is 1.46. The summed E-state index contributed by atoms with van der Waals surface area (Å²) in [6.45, 7) is 0.727. The number of halogens is 3. The van der Waals surface area contributed by atoms with Gasteiger partial charge in [0, 0.05) is 11.8 Å². The van der Waals surface area contributed by atoms with Gasteiger partial charge >= 0.3 is 12.1 Å². The Morgan fingerprint density at radius 1 is 1.62 bits per heavy atom. The van der Waals surface area contributed by atoms with Crippen LogP contribution in [0.15, 0.2) is 0 Å². The Kier molecular flexibility index (Phi) is 5.11. The van der Waals surface area contributed by atoms with E-state index in [-0.39, 0.29) is 6.04 Å². The van der Waals surface area contributed by atoms with Gasteiger partial charge in [-0.2, -0.15) is 13.2 Å². The highest BCUT2D eigenvalue weighted by molar-refractivity contribution is 7.94. The van der Waals surface area contributed by atoms with Crippen LogP contribution in [0, 0.1) is 0 Å². The molecule has 3 N–H and O–H groups in total. The van der Waals surface area contributed by atoms with Gasteiger partial charge in [-0.1, -0.05) is 0 Å². The smallest absolute Gasteiger partial charge is 0.475 e. The van der Waals surface area contributed by atoms with Crippen molar-refractivity contribution in [2.45, 2.75) is 12.2 Å². The first-order valence-corrected chi connectivity index (χ1v) is 4.05. The third kappa shape index (κ3) is 6.67. The third-order valence-electron chi connectivity index (χ3n) is 0.890. The molecular formula is C5H8F3NO3S. The fourth-order valence-corrected chi connectivity index (χ4v) is 0.957. The van der Waals surface area contributed by atoms with Crippen molar-refractivity contribution >= 4 is 18.0 Å². The van der Waals surface area contributed by atoms with E-state index in [9.17, 15) is 13.2 Å². The van der Waals surface area contributed by atoms with Crippen LogP contribution in [0.2, 0.25) is 0 Å². The summed E-state index contributed by atoms with van der Waals surface area (Å²) in [7, 11) is 0. The zero-order chi connectivity index (χ0) is 10.5. The maximum absolute atomic E-state index is 10.6. The summed E-state index contributed by atoms with van der Waals surface area (Å²) in [4.78, 5) is 8.90. The highest BCUT2D eigenvalue weighted by Gasteiger charge is 2.38. The third-order valence-corrected chi connectivity index (χ3v) is 1.76. The molecule has 0 radical (unpaired) electrons. The largest absolute Gasteiger partial charge is 0.490 e. The Morgan fingerprint density at radius 3 is 2.15 bits per heavy atom. The van der Waals surface area contributed by atoms with Crippen LogP contribution in [0.25, 0.3) is 0 Å². The van der Waals surface area contributed by atoms with E-state index in [0.717, 1.165) is 12.4 Å². The minimum absolute atomic E-state index is 0.287. The standard InChI is InChI=1S/C3H7NOS.C2HF3O2/c4-3-1-5-6-2-3;3-2(4,5)1(6)7/h3H,1-2,4H2;(H,6,7). The summed E-state index contributed by atoms with van der Waals surface area (Å²) in [5.41, 5.74) is 5.39. The lowest BCUT2D eigenvalue weighted by atomic mass is 10.4. The van der Waals surface area contributed by atoms with Gasteiger partial charge < -0.3 is 15.0 Å². The van der Waals surface area contributed by atoms with Crippen molar-refractivity contribution in [3.05, 3.63) is 0 Å². The van der Waals surface area contributed by atoms with Crippen molar-refractivity contribution in [3.63, 3.8) is 0 Å². The number of hydrogen-bond donors (Lipinski definition) is 2. The predicted octanol–water partition coefficient (Wildman–Crippen LogP) is 0.625. The highest BCUT2D eigenvalue weighted by Crippen LogP contribution is 2.13. The molecule has 78 valence electrons. The lowest BCUT2D eigenvalue weighted by Gasteiger charge is -1.93. The number of rotatable bonds is 0. The molecule has 0 spiro atoms. The van der Waals surface area contributed by atoms with E-state index in [0.29, 0.717) is 0 Å². The van der Waals surface area contributed by atoms with Gasteiger partial charge in [-0.15, -0.1) is 0 Å². The van der Waals surface area contributed by atoms with E-state index in [1.165, 1.54) is 12.0 Å². The Morgan fingerprint density at radius 2 is 2.08 bits per heavy atom. The van der Waals surface area contributed by atoms with Gasteiger partial charge in [0.05, 0.1) is 6.61 Å². The number of hydrogen-bond acceptors (Lipinski definition) is 4. The lowest BCUT2D eigenvalue weighted by molar-refractivity contribution is -0.192. The second-order valence-corrected chi connectivity index (χ2v) is 2.94. The number of alkyl halides is 3. The van der Waals surface area contributed by atoms with Gasteiger partial charge in [0.2, 0.25) is 0 Å². The molecule has 1 fully saturated rings. The first-order valence-electron chi connectivity index (χ1n) is 3.14. The van der Waals surface area contributed by atoms with Crippen LogP contribution >= 0.6 is 12.0 Å². The molecule has 0 aromatic rings. The summed E-state index contributed by atoms with van der Waals surface area (Å²) in [6, 6.07) is 0.287. The molecular weight excluding hydrogens is 211 g/mol. The first-order chi connectivity index (χ1) is 5.84. The van der Waals surface area contributed by atoms with E-state index in [2.05, 4.69) is 0 Å². The summed E-state index contributed by atoms with van der Waals surface area (Å²) in [5, 5.41) is 7.12. The first kappa shape index (κ1) is 12.5. The van der Waals surface area contributed by atoms with Crippen LogP contribution in [0.5, 0.6) is 0 Å². The van der Waals surface area contributed by atoms with Gasteiger partial charge in [0.15, 0.2) is 0 Å². The van der Waals surface area contributed by atoms with E-state index < -0.39 is 12.1 Å². The average molecular weight is 219 g/mol. The lowest BCUT2D eigenvalue weighted by Crippen LogP contribution is -2.21. The fourth-order valence-electron chi connectivity index (χ4n) is 0.319. The second kappa shape index (κ2) is 5.30. The van der Waals surface area contributed by atoms with Gasteiger partial charge in [-0.25, -0.2) is 4.79 Å². The maximum Gasteiger partial charge on any atom is 0.490 e. The Labute approximate surface area is 76.4 Å². The summed E-state index contributed by atoms with van der Waals surface area (Å²) in [5.74, 6) is -1.80. The molecule has 1 unspecified atom stereocenters. The van der Waals surface area contributed by atoms with Gasteiger partial charge in [-0.05, 0) is 12.0 Å². The second-order valence-electron chi connectivity index (χ2n) is 2.13. The number of carbonyl (C=O) groups is 1. The quantitative estimate of drug-likeness (QED) is 0.584. The van der Waals surface area contributed by atoms with Gasteiger partial charge in [-0.3, -0.25) is 0 Å². The zero-order valence-corrected chi connectivity index (χ0v) is 7.19. The van der Waals surface area contributed by atoms with Crippen molar-refractivity contribution in [2.24, 2.45) is 5.73 Å². The molecule has 0 saturated carbocycles. The Balaban J connectivity index is 0.000000223. The van der Waals surface area contributed by atoms with Crippen molar-refractivity contribution in [3.8, 4) is 0 Å². The minimum Gasteiger partial charge on any atom is -0.475 e. The molecule has 0 aromatic heterocycles. The molecule has 8 heteroatoms. The number of carboxylic acids is 1. The van der Waals surface area contributed by atoms with Crippen molar-refractivity contribution < 1.29 is 27.3 Å². The minimum atomic E-state index is -5.08. The number of carboxylic acid groups (broad SMARTS) is 1. The monoisotopic (exact) mass is 219 g/mol. The Bertz CT molecular complexity index is 169. The van der Waals surface area contributed by atoms with Crippen LogP contribution in [-0.4, -0.2) is 35.7 Å². The fraction of sp³-hybridized carbons (Fsp3) is 0.800. The summed E-state index contributed by atoms with van der Waals surface area (Å²) in [6.07, 6.45) is -5.08. The van der Waals surface area contributed by atoms with E-state index in [1.54, 1.807) is 0 Å².